The zero-order valence-electron chi connectivity index (χ0n) is 16.8. The van der Waals surface area contributed by atoms with E-state index in [0.29, 0.717) is 18.9 Å². The molecule has 6 heteroatoms. The van der Waals surface area contributed by atoms with E-state index in [1.54, 1.807) is 25.1 Å². The number of nitrogens with one attached hydrogen (secondary N) is 1. The van der Waals surface area contributed by atoms with E-state index in [1.165, 1.54) is 6.07 Å². The molecule has 0 bridgehead atoms. The lowest BCUT2D eigenvalue weighted by atomic mass is 10.1. The van der Waals surface area contributed by atoms with Gasteiger partial charge in [0.15, 0.2) is 9.84 Å². The maximum Gasteiger partial charge on any atom is 0.252 e. The Morgan fingerprint density at radius 3 is 2.46 bits per heavy atom. The largest absolute Gasteiger partial charge is 0.493 e. The van der Waals surface area contributed by atoms with Crippen LogP contribution in [-0.2, 0) is 16.4 Å². The average molecular weight is 404 g/mol. The fraction of sp³-hybridized carbons (Fsp3) is 0.409. The van der Waals surface area contributed by atoms with E-state index in [2.05, 4.69) is 19.2 Å². The second-order valence-corrected chi connectivity index (χ2v) is 9.21. The Morgan fingerprint density at radius 2 is 1.75 bits per heavy atom. The molecule has 0 spiro atoms. The Balaban J connectivity index is 2.12. The minimum absolute atomic E-state index is 0.0177. The van der Waals surface area contributed by atoms with Crippen molar-refractivity contribution in [1.29, 1.82) is 0 Å². The number of amides is 1. The molecule has 0 unspecified atom stereocenters. The summed E-state index contributed by atoms with van der Waals surface area (Å²) >= 11 is 0. The molecular formula is C22H29NO4S. The highest BCUT2D eigenvalue weighted by atomic mass is 32.2. The van der Waals surface area contributed by atoms with Crippen molar-refractivity contribution in [1.82, 2.24) is 5.32 Å². The molecule has 2 aromatic rings. The Kier molecular flexibility index (Phi) is 8.05. The number of carbonyl (C=O) groups excluding carboxylic acids is 1. The molecular weight excluding hydrogens is 374 g/mol. The summed E-state index contributed by atoms with van der Waals surface area (Å²) in [6, 6.07) is 13.9. The van der Waals surface area contributed by atoms with E-state index in [1.807, 2.05) is 24.3 Å². The van der Waals surface area contributed by atoms with Crippen molar-refractivity contribution < 1.29 is 17.9 Å². The topological polar surface area (TPSA) is 72.5 Å². The number of rotatable bonds is 10. The Hall–Kier alpha value is -2.34. The van der Waals surface area contributed by atoms with Crippen LogP contribution in [0, 0.1) is 5.92 Å². The average Bonchev–Trinajstić information content (AvgIpc) is 2.66. The van der Waals surface area contributed by atoms with Gasteiger partial charge in [0.2, 0.25) is 0 Å². The van der Waals surface area contributed by atoms with E-state index in [9.17, 15) is 13.2 Å². The smallest absolute Gasteiger partial charge is 0.252 e. The first kappa shape index (κ1) is 22.0. The highest BCUT2D eigenvalue weighted by Gasteiger charge is 2.21. The lowest BCUT2D eigenvalue weighted by molar-refractivity contribution is 0.0947. The van der Waals surface area contributed by atoms with Crippen molar-refractivity contribution in [3.63, 3.8) is 0 Å². The van der Waals surface area contributed by atoms with Crippen molar-refractivity contribution in [3.8, 4) is 5.75 Å². The van der Waals surface area contributed by atoms with Gasteiger partial charge in [0.05, 0.1) is 22.8 Å². The van der Waals surface area contributed by atoms with Crippen molar-refractivity contribution in [2.24, 2.45) is 5.92 Å². The predicted octanol–water partition coefficient (Wildman–Crippen LogP) is 4.23. The van der Waals surface area contributed by atoms with E-state index in [0.717, 1.165) is 17.7 Å². The summed E-state index contributed by atoms with van der Waals surface area (Å²) < 4.78 is 30.8. The van der Waals surface area contributed by atoms with Crippen molar-refractivity contribution in [2.45, 2.75) is 45.1 Å². The molecule has 28 heavy (non-hydrogen) atoms. The van der Waals surface area contributed by atoms with Crippen molar-refractivity contribution in [2.75, 3.05) is 12.4 Å². The highest BCUT2D eigenvalue weighted by Crippen LogP contribution is 2.20. The first-order chi connectivity index (χ1) is 13.3. The van der Waals surface area contributed by atoms with E-state index in [-0.39, 0.29) is 22.8 Å². The second-order valence-electron chi connectivity index (χ2n) is 7.14. The zero-order chi connectivity index (χ0) is 20.6. The van der Waals surface area contributed by atoms with Crippen molar-refractivity contribution >= 4 is 15.7 Å². The van der Waals surface area contributed by atoms with Crippen LogP contribution in [0.4, 0.5) is 0 Å². The molecule has 1 amide bonds. The first-order valence-electron chi connectivity index (χ1n) is 9.65. The molecule has 0 atom stereocenters. The minimum Gasteiger partial charge on any atom is -0.493 e. The molecule has 1 N–H and O–H groups in total. The standard InChI is InChI=1S/C22H29NO4S/c1-4-15-28(25,26)21-12-8-6-10-19(21)22(24)23-16-18-9-5-7-11-20(18)27-14-13-17(2)3/h5-12,17H,4,13-16H2,1-3H3,(H,23,24). The van der Waals surface area contributed by atoms with Crippen LogP contribution < -0.4 is 10.1 Å². The summed E-state index contributed by atoms with van der Waals surface area (Å²) in [5, 5.41) is 2.83. The van der Waals surface area contributed by atoms with E-state index >= 15 is 0 Å². The van der Waals surface area contributed by atoms with Gasteiger partial charge in [-0.05, 0) is 37.0 Å². The number of para-hydroxylation sites is 1. The lowest BCUT2D eigenvalue weighted by Crippen LogP contribution is -2.25. The fourth-order valence-electron chi connectivity index (χ4n) is 2.77. The molecule has 0 aromatic heterocycles. The molecule has 152 valence electrons. The maximum absolute atomic E-state index is 12.7. The third kappa shape index (κ3) is 6.09. The summed E-state index contributed by atoms with van der Waals surface area (Å²) in [7, 11) is -3.48. The Bertz CT molecular complexity index is 891. The lowest BCUT2D eigenvalue weighted by Gasteiger charge is -2.14. The van der Waals surface area contributed by atoms with E-state index < -0.39 is 15.7 Å². The van der Waals surface area contributed by atoms with Crippen LogP contribution in [-0.4, -0.2) is 26.7 Å². The van der Waals surface area contributed by atoms with Gasteiger partial charge in [0, 0.05) is 12.1 Å². The molecule has 0 saturated carbocycles. The van der Waals surface area contributed by atoms with Gasteiger partial charge in [0.1, 0.15) is 5.75 Å². The van der Waals surface area contributed by atoms with Gasteiger partial charge in [0.25, 0.3) is 5.91 Å². The fourth-order valence-corrected chi connectivity index (χ4v) is 4.31. The van der Waals surface area contributed by atoms with Crippen LogP contribution in [0.1, 0.15) is 49.5 Å². The number of hydrogen-bond donors (Lipinski definition) is 1. The minimum atomic E-state index is -3.48. The molecule has 0 heterocycles. The molecule has 0 fully saturated rings. The van der Waals surface area contributed by atoms with Crippen molar-refractivity contribution in [3.05, 3.63) is 59.7 Å². The summed E-state index contributed by atoms with van der Waals surface area (Å²) in [5.41, 5.74) is 1.03. The summed E-state index contributed by atoms with van der Waals surface area (Å²) in [5.74, 6) is 0.889. The number of benzene rings is 2. The van der Waals surface area contributed by atoms with Crippen LogP contribution in [0.5, 0.6) is 5.75 Å². The SMILES string of the molecule is CCCS(=O)(=O)c1ccccc1C(=O)NCc1ccccc1OCCC(C)C. The summed E-state index contributed by atoms with van der Waals surface area (Å²) in [4.78, 5) is 12.8. The first-order valence-corrected chi connectivity index (χ1v) is 11.3. The number of ether oxygens (including phenoxy) is 1. The maximum atomic E-state index is 12.7. The highest BCUT2D eigenvalue weighted by molar-refractivity contribution is 7.91. The van der Waals surface area contributed by atoms with Gasteiger partial charge in [-0.3, -0.25) is 4.79 Å². The summed E-state index contributed by atoms with van der Waals surface area (Å²) in [6.45, 7) is 6.95. The number of sulfone groups is 1. The molecule has 5 nitrogen and oxygen atoms in total. The zero-order valence-corrected chi connectivity index (χ0v) is 17.6. The Morgan fingerprint density at radius 1 is 1.07 bits per heavy atom. The van der Waals surface area contributed by atoms with Gasteiger partial charge in [-0.1, -0.05) is 51.1 Å². The quantitative estimate of drug-likeness (QED) is 0.644. The molecule has 0 radical (unpaired) electrons. The molecule has 2 rings (SSSR count). The second kappa shape index (κ2) is 10.3. The molecule has 0 aliphatic rings. The molecule has 0 aliphatic heterocycles. The van der Waals surface area contributed by atoms with Crippen LogP contribution in [0.25, 0.3) is 0 Å². The van der Waals surface area contributed by atoms with Gasteiger partial charge >= 0.3 is 0 Å². The van der Waals surface area contributed by atoms with Gasteiger partial charge < -0.3 is 10.1 Å². The monoisotopic (exact) mass is 403 g/mol. The Labute approximate surface area is 168 Å². The van der Waals surface area contributed by atoms with Crippen LogP contribution in [0.2, 0.25) is 0 Å². The number of hydrogen-bond acceptors (Lipinski definition) is 4. The molecule has 0 aliphatic carbocycles. The normalized spacial score (nSPS) is 11.4. The van der Waals surface area contributed by atoms with Gasteiger partial charge in [-0.2, -0.15) is 0 Å². The van der Waals surface area contributed by atoms with Crippen LogP contribution >= 0.6 is 0 Å². The summed E-state index contributed by atoms with van der Waals surface area (Å²) in [6.07, 6.45) is 1.45. The third-order valence-electron chi connectivity index (χ3n) is 4.30. The van der Waals surface area contributed by atoms with Crippen LogP contribution in [0.15, 0.2) is 53.4 Å². The molecule has 2 aromatic carbocycles. The van der Waals surface area contributed by atoms with E-state index in [4.69, 9.17) is 4.74 Å². The van der Waals surface area contributed by atoms with Crippen LogP contribution in [0.3, 0.4) is 0 Å². The molecule has 0 saturated heterocycles. The third-order valence-corrected chi connectivity index (χ3v) is 6.28. The van der Waals surface area contributed by atoms with Gasteiger partial charge in [-0.15, -0.1) is 0 Å². The predicted molar refractivity (Wildman–Crippen MR) is 111 cm³/mol. The number of carbonyl (C=O) groups is 1. The van der Waals surface area contributed by atoms with Gasteiger partial charge in [-0.25, -0.2) is 8.42 Å².